The fourth-order valence-electron chi connectivity index (χ4n) is 1.08. The Labute approximate surface area is 97.1 Å². The molecule has 0 aromatic rings. The summed E-state index contributed by atoms with van der Waals surface area (Å²) < 4.78 is 16.2. The monoisotopic (exact) mass is 248 g/mol. The highest BCUT2D eigenvalue weighted by atomic mass is 31.2. The van der Waals surface area contributed by atoms with Gasteiger partial charge in [0.2, 0.25) is 0 Å². The molecule has 0 spiro atoms. The zero-order valence-corrected chi connectivity index (χ0v) is 11.0. The van der Waals surface area contributed by atoms with Gasteiger partial charge in [0.1, 0.15) is 0 Å². The Morgan fingerprint density at radius 3 is 2.50 bits per heavy atom. The molecule has 94 valence electrons. The number of rotatable bonds is 8. The van der Waals surface area contributed by atoms with Crippen LogP contribution < -0.4 is 0 Å². The minimum Gasteiger partial charge on any atom is -0.462 e. The van der Waals surface area contributed by atoms with Crippen LogP contribution in [-0.4, -0.2) is 29.8 Å². The van der Waals surface area contributed by atoms with E-state index < -0.39 is 7.37 Å². The Hall–Kier alpha value is -0.600. The molecule has 4 nitrogen and oxygen atoms in total. The van der Waals surface area contributed by atoms with E-state index in [2.05, 4.69) is 6.58 Å². The summed E-state index contributed by atoms with van der Waals surface area (Å²) in [5, 5.41) is 0. The fourth-order valence-corrected chi connectivity index (χ4v) is 2.12. The number of hydrogen-bond acceptors (Lipinski definition) is 3. The average Bonchev–Trinajstić information content (AvgIpc) is 2.22. The molecule has 0 aliphatic rings. The largest absolute Gasteiger partial charge is 0.462 e. The molecule has 0 fully saturated rings. The molecule has 1 unspecified atom stereocenters. The quantitative estimate of drug-likeness (QED) is 0.310. The van der Waals surface area contributed by atoms with Crippen LogP contribution in [0.4, 0.5) is 0 Å². The van der Waals surface area contributed by atoms with Crippen LogP contribution in [0.5, 0.6) is 0 Å². The molecule has 0 aliphatic heterocycles. The van der Waals surface area contributed by atoms with Crippen molar-refractivity contribution in [3.05, 3.63) is 12.2 Å². The van der Waals surface area contributed by atoms with Gasteiger partial charge in [0.05, 0.1) is 6.61 Å². The zero-order valence-electron chi connectivity index (χ0n) is 10.1. The van der Waals surface area contributed by atoms with Gasteiger partial charge >= 0.3 is 5.97 Å². The molecular weight excluding hydrogens is 227 g/mol. The molecule has 5 heteroatoms. The standard InChI is InChI=1S/C11H21O4P/c1-4-16(13,14)9-7-5-6-8-15-11(12)10(2)3/h2,4-9H2,1,3H3,(H,13,14). The lowest BCUT2D eigenvalue weighted by Gasteiger charge is -2.08. The third-order valence-corrected chi connectivity index (χ3v) is 4.23. The molecule has 0 rings (SSSR count). The Morgan fingerprint density at radius 1 is 1.38 bits per heavy atom. The van der Waals surface area contributed by atoms with Gasteiger partial charge in [0.25, 0.3) is 0 Å². The van der Waals surface area contributed by atoms with E-state index in [9.17, 15) is 14.3 Å². The van der Waals surface area contributed by atoms with Gasteiger partial charge < -0.3 is 9.63 Å². The van der Waals surface area contributed by atoms with Crippen molar-refractivity contribution in [2.45, 2.75) is 33.1 Å². The lowest BCUT2D eigenvalue weighted by atomic mass is 10.3. The van der Waals surface area contributed by atoms with Gasteiger partial charge in [-0.25, -0.2) is 4.79 Å². The molecule has 0 bridgehead atoms. The topological polar surface area (TPSA) is 63.6 Å². The van der Waals surface area contributed by atoms with Crippen LogP contribution in [-0.2, 0) is 14.1 Å². The molecule has 0 heterocycles. The molecule has 0 saturated carbocycles. The summed E-state index contributed by atoms with van der Waals surface area (Å²) in [5.41, 5.74) is 0.394. The minimum atomic E-state index is -2.88. The minimum absolute atomic E-state index is 0.331. The Morgan fingerprint density at radius 2 is 2.00 bits per heavy atom. The summed E-state index contributed by atoms with van der Waals surface area (Å²) in [7, 11) is -2.88. The Balaban J connectivity index is 3.45. The van der Waals surface area contributed by atoms with Crippen molar-refractivity contribution in [1.82, 2.24) is 0 Å². The van der Waals surface area contributed by atoms with Crippen LogP contribution in [0.1, 0.15) is 33.1 Å². The summed E-state index contributed by atoms with van der Waals surface area (Å²) in [6.45, 7) is 7.14. The van der Waals surface area contributed by atoms with Crippen LogP contribution in [0.25, 0.3) is 0 Å². The highest BCUT2D eigenvalue weighted by Gasteiger charge is 2.13. The second kappa shape index (κ2) is 7.64. The van der Waals surface area contributed by atoms with Gasteiger partial charge in [-0.1, -0.05) is 13.5 Å². The lowest BCUT2D eigenvalue weighted by Crippen LogP contribution is -2.06. The van der Waals surface area contributed by atoms with Gasteiger partial charge in [0, 0.05) is 17.9 Å². The van der Waals surface area contributed by atoms with Crippen molar-refractivity contribution in [1.29, 1.82) is 0 Å². The van der Waals surface area contributed by atoms with Crippen molar-refractivity contribution in [3.8, 4) is 0 Å². The van der Waals surface area contributed by atoms with Gasteiger partial charge in [0.15, 0.2) is 7.37 Å². The molecule has 0 radical (unpaired) electrons. The molecule has 0 aromatic heterocycles. The maximum absolute atomic E-state index is 11.3. The van der Waals surface area contributed by atoms with E-state index >= 15 is 0 Å². The van der Waals surface area contributed by atoms with Gasteiger partial charge in [-0.2, -0.15) is 0 Å². The number of hydrogen-bond donors (Lipinski definition) is 1. The lowest BCUT2D eigenvalue weighted by molar-refractivity contribution is -0.139. The van der Waals surface area contributed by atoms with Crippen LogP contribution in [0.2, 0.25) is 0 Å². The molecule has 16 heavy (non-hydrogen) atoms. The van der Waals surface area contributed by atoms with Crippen LogP contribution in [0.3, 0.4) is 0 Å². The van der Waals surface area contributed by atoms with E-state index in [0.29, 0.717) is 30.9 Å². The van der Waals surface area contributed by atoms with Crippen molar-refractivity contribution >= 4 is 13.3 Å². The molecule has 0 saturated heterocycles. The number of ether oxygens (including phenoxy) is 1. The summed E-state index contributed by atoms with van der Waals surface area (Å²) in [6.07, 6.45) is 2.92. The first-order valence-corrected chi connectivity index (χ1v) is 7.55. The number of unbranched alkanes of at least 4 members (excludes halogenated alkanes) is 2. The summed E-state index contributed by atoms with van der Waals surface area (Å²) in [6, 6.07) is 0. The van der Waals surface area contributed by atoms with Crippen LogP contribution in [0.15, 0.2) is 12.2 Å². The van der Waals surface area contributed by atoms with Gasteiger partial charge in [-0.3, -0.25) is 4.57 Å². The summed E-state index contributed by atoms with van der Waals surface area (Å²) in [5.74, 6) is -0.374. The Kier molecular flexibility index (Phi) is 7.35. The molecule has 1 atom stereocenters. The second-order valence-electron chi connectivity index (χ2n) is 3.86. The normalized spacial score (nSPS) is 14.2. The molecule has 0 aromatic carbocycles. The zero-order chi connectivity index (χ0) is 12.6. The first-order valence-electron chi connectivity index (χ1n) is 5.52. The van der Waals surface area contributed by atoms with E-state index in [4.69, 9.17) is 4.74 Å². The predicted octanol–water partition coefficient (Wildman–Crippen LogP) is 2.57. The molecule has 0 amide bonds. The van der Waals surface area contributed by atoms with E-state index in [0.717, 1.165) is 12.8 Å². The van der Waals surface area contributed by atoms with Crippen molar-refractivity contribution in [2.24, 2.45) is 0 Å². The number of esters is 1. The van der Waals surface area contributed by atoms with Crippen molar-refractivity contribution in [2.75, 3.05) is 18.9 Å². The molecule has 0 aliphatic carbocycles. The fraction of sp³-hybridized carbons (Fsp3) is 0.727. The highest BCUT2D eigenvalue weighted by molar-refractivity contribution is 7.57. The smallest absolute Gasteiger partial charge is 0.333 e. The third-order valence-electron chi connectivity index (χ3n) is 2.23. The maximum atomic E-state index is 11.3. The van der Waals surface area contributed by atoms with Gasteiger partial charge in [-0.05, 0) is 26.2 Å². The van der Waals surface area contributed by atoms with Crippen molar-refractivity contribution < 1.29 is 19.0 Å². The Bertz CT molecular complexity index is 286. The average molecular weight is 248 g/mol. The molecule has 1 N–H and O–H groups in total. The summed E-state index contributed by atoms with van der Waals surface area (Å²) >= 11 is 0. The second-order valence-corrected chi connectivity index (χ2v) is 6.64. The molecular formula is C11H21O4P. The van der Waals surface area contributed by atoms with E-state index in [1.54, 1.807) is 13.8 Å². The highest BCUT2D eigenvalue weighted by Crippen LogP contribution is 2.40. The number of carbonyl (C=O) groups is 1. The first-order chi connectivity index (χ1) is 7.39. The number of carbonyl (C=O) groups excluding carboxylic acids is 1. The first kappa shape index (κ1) is 15.4. The van der Waals surface area contributed by atoms with Gasteiger partial charge in [-0.15, -0.1) is 0 Å². The van der Waals surface area contributed by atoms with E-state index in [1.807, 2.05) is 0 Å². The van der Waals surface area contributed by atoms with Crippen LogP contribution >= 0.6 is 7.37 Å². The SMILES string of the molecule is C=C(C)C(=O)OCCCCCP(=O)(O)CC. The summed E-state index contributed by atoms with van der Waals surface area (Å²) in [4.78, 5) is 20.3. The van der Waals surface area contributed by atoms with Crippen molar-refractivity contribution in [3.63, 3.8) is 0 Å². The maximum Gasteiger partial charge on any atom is 0.333 e. The van der Waals surface area contributed by atoms with E-state index in [1.165, 1.54) is 0 Å². The van der Waals surface area contributed by atoms with Crippen LogP contribution in [0, 0.1) is 0 Å². The third kappa shape index (κ3) is 7.66. The van der Waals surface area contributed by atoms with E-state index in [-0.39, 0.29) is 5.97 Å². The predicted molar refractivity (Wildman–Crippen MR) is 64.9 cm³/mol.